The molecule has 6 nitrogen and oxygen atoms in total. The topological polar surface area (TPSA) is 75.2 Å². The molecule has 2 aromatic carbocycles. The number of benzene rings is 2. The van der Waals surface area contributed by atoms with Crippen molar-refractivity contribution in [3.8, 4) is 0 Å². The third-order valence-electron chi connectivity index (χ3n) is 4.53. The maximum absolute atomic E-state index is 12.7. The SMILES string of the molecule is O=C(Nc1nnc(SCC(=O)N2CCCc3ccccc32)s1)c1cc(Br)ccc1Cl. The summed E-state index contributed by atoms with van der Waals surface area (Å²) in [5.41, 5.74) is 2.54. The number of hydrogen-bond acceptors (Lipinski definition) is 6. The van der Waals surface area contributed by atoms with Crippen LogP contribution in [0.3, 0.4) is 0 Å². The predicted molar refractivity (Wildman–Crippen MR) is 125 cm³/mol. The number of carbonyl (C=O) groups excluding carboxylic acids is 2. The zero-order chi connectivity index (χ0) is 21.1. The van der Waals surface area contributed by atoms with Gasteiger partial charge in [0.1, 0.15) is 0 Å². The van der Waals surface area contributed by atoms with Crippen molar-refractivity contribution in [1.82, 2.24) is 10.2 Å². The third kappa shape index (κ3) is 4.85. The maximum atomic E-state index is 12.7. The Morgan fingerprint density at radius 1 is 1.23 bits per heavy atom. The molecule has 10 heteroatoms. The zero-order valence-electron chi connectivity index (χ0n) is 15.6. The number of hydrogen-bond donors (Lipinski definition) is 1. The predicted octanol–water partition coefficient (Wildman–Crippen LogP) is 5.28. The minimum Gasteiger partial charge on any atom is -0.311 e. The van der Waals surface area contributed by atoms with Crippen molar-refractivity contribution in [2.24, 2.45) is 0 Å². The van der Waals surface area contributed by atoms with Gasteiger partial charge in [0.25, 0.3) is 5.91 Å². The summed E-state index contributed by atoms with van der Waals surface area (Å²) in [6.07, 6.45) is 1.95. The van der Waals surface area contributed by atoms with Crippen molar-refractivity contribution in [2.75, 3.05) is 22.5 Å². The van der Waals surface area contributed by atoms with E-state index >= 15 is 0 Å². The largest absolute Gasteiger partial charge is 0.311 e. The number of anilines is 2. The highest BCUT2D eigenvalue weighted by Gasteiger charge is 2.22. The average Bonchev–Trinajstić information content (AvgIpc) is 3.20. The molecule has 0 unspecified atom stereocenters. The van der Waals surface area contributed by atoms with E-state index in [2.05, 4.69) is 37.5 Å². The molecule has 154 valence electrons. The summed E-state index contributed by atoms with van der Waals surface area (Å²) in [5, 5.41) is 11.5. The fourth-order valence-electron chi connectivity index (χ4n) is 3.15. The van der Waals surface area contributed by atoms with Gasteiger partial charge in [-0.2, -0.15) is 0 Å². The molecule has 0 atom stereocenters. The lowest BCUT2D eigenvalue weighted by Gasteiger charge is -2.29. The first kappa shape index (κ1) is 21.3. The number of para-hydroxylation sites is 1. The van der Waals surface area contributed by atoms with Crippen molar-refractivity contribution < 1.29 is 9.59 Å². The zero-order valence-corrected chi connectivity index (χ0v) is 19.6. The van der Waals surface area contributed by atoms with Gasteiger partial charge in [-0.15, -0.1) is 10.2 Å². The van der Waals surface area contributed by atoms with Crippen molar-refractivity contribution in [3.63, 3.8) is 0 Å². The number of rotatable bonds is 5. The van der Waals surface area contributed by atoms with Gasteiger partial charge in [-0.3, -0.25) is 14.9 Å². The Hall–Kier alpha value is -1.94. The minimum atomic E-state index is -0.366. The van der Waals surface area contributed by atoms with Gasteiger partial charge < -0.3 is 4.90 Å². The lowest BCUT2D eigenvalue weighted by molar-refractivity contribution is -0.116. The molecule has 0 saturated heterocycles. The highest BCUT2D eigenvalue weighted by atomic mass is 79.9. The lowest BCUT2D eigenvalue weighted by Crippen LogP contribution is -2.36. The fraction of sp³-hybridized carbons (Fsp3) is 0.200. The van der Waals surface area contributed by atoms with E-state index in [1.165, 1.54) is 28.7 Å². The highest BCUT2D eigenvalue weighted by molar-refractivity contribution is 9.10. The molecule has 4 rings (SSSR count). The number of nitrogens with zero attached hydrogens (tertiary/aromatic N) is 3. The Bertz CT molecular complexity index is 1110. The van der Waals surface area contributed by atoms with E-state index < -0.39 is 0 Å². The molecular formula is C20H16BrClN4O2S2. The van der Waals surface area contributed by atoms with E-state index in [1.807, 2.05) is 23.1 Å². The van der Waals surface area contributed by atoms with Gasteiger partial charge in [-0.1, -0.05) is 68.8 Å². The molecular weight excluding hydrogens is 508 g/mol. The van der Waals surface area contributed by atoms with Gasteiger partial charge >= 0.3 is 0 Å². The van der Waals surface area contributed by atoms with Crippen molar-refractivity contribution in [2.45, 2.75) is 17.2 Å². The van der Waals surface area contributed by atoms with Crippen LogP contribution >= 0.6 is 50.6 Å². The van der Waals surface area contributed by atoms with Crippen molar-refractivity contribution in [1.29, 1.82) is 0 Å². The van der Waals surface area contributed by atoms with Gasteiger partial charge in [0.05, 0.1) is 16.3 Å². The highest BCUT2D eigenvalue weighted by Crippen LogP contribution is 2.30. The Balaban J connectivity index is 1.37. The van der Waals surface area contributed by atoms with Gasteiger partial charge in [-0.05, 0) is 42.7 Å². The lowest BCUT2D eigenvalue weighted by atomic mass is 10.0. The van der Waals surface area contributed by atoms with Gasteiger partial charge in [0.15, 0.2) is 4.34 Å². The van der Waals surface area contributed by atoms with E-state index in [0.29, 0.717) is 20.1 Å². The van der Waals surface area contributed by atoms with Crippen molar-refractivity contribution in [3.05, 3.63) is 63.1 Å². The summed E-state index contributed by atoms with van der Waals surface area (Å²) >= 11 is 12.0. The molecule has 0 fully saturated rings. The standard InChI is InChI=1S/C20H16BrClN4O2S2/c21-13-7-8-15(22)14(10-13)18(28)23-19-24-25-20(30-19)29-11-17(27)26-9-3-5-12-4-1-2-6-16(12)26/h1-2,4,6-8,10H,3,5,9,11H2,(H,23,24,28). The number of carbonyl (C=O) groups is 2. The maximum Gasteiger partial charge on any atom is 0.259 e. The van der Waals surface area contributed by atoms with Crippen LogP contribution in [0.5, 0.6) is 0 Å². The number of aromatic nitrogens is 2. The van der Waals surface area contributed by atoms with Crippen LogP contribution in [0.1, 0.15) is 22.3 Å². The molecule has 0 radical (unpaired) electrons. The molecule has 0 bridgehead atoms. The molecule has 1 aliphatic rings. The van der Waals surface area contributed by atoms with Gasteiger partial charge in [-0.25, -0.2) is 0 Å². The molecule has 2 heterocycles. The van der Waals surface area contributed by atoms with Gasteiger partial charge in [0.2, 0.25) is 11.0 Å². The quantitative estimate of drug-likeness (QED) is 0.364. The summed E-state index contributed by atoms with van der Waals surface area (Å²) in [7, 11) is 0. The number of amides is 2. The summed E-state index contributed by atoms with van der Waals surface area (Å²) < 4.78 is 1.37. The van der Waals surface area contributed by atoms with Crippen LogP contribution < -0.4 is 10.2 Å². The Labute approximate surface area is 195 Å². The summed E-state index contributed by atoms with van der Waals surface area (Å²) in [6, 6.07) is 13.1. The number of nitrogens with one attached hydrogen (secondary N) is 1. The smallest absolute Gasteiger partial charge is 0.259 e. The monoisotopic (exact) mass is 522 g/mol. The normalized spacial score (nSPS) is 13.1. The van der Waals surface area contributed by atoms with Crippen LogP contribution in [0, 0.1) is 0 Å². The first-order valence-corrected chi connectivity index (χ1v) is 12.1. The van der Waals surface area contributed by atoms with E-state index in [-0.39, 0.29) is 17.6 Å². The molecule has 30 heavy (non-hydrogen) atoms. The molecule has 0 aliphatic carbocycles. The van der Waals surface area contributed by atoms with Crippen LogP contribution in [0.15, 0.2) is 51.3 Å². The van der Waals surface area contributed by atoms with Crippen LogP contribution in [-0.2, 0) is 11.2 Å². The summed E-state index contributed by atoms with van der Waals surface area (Å²) in [6.45, 7) is 0.723. The van der Waals surface area contributed by atoms with E-state index in [0.717, 1.165) is 29.5 Å². The van der Waals surface area contributed by atoms with Crippen molar-refractivity contribution >= 4 is 73.3 Å². The van der Waals surface area contributed by atoms with Crippen LogP contribution in [-0.4, -0.2) is 34.3 Å². The second-order valence-corrected chi connectivity index (χ2v) is 10.0. The minimum absolute atomic E-state index is 0.0360. The Morgan fingerprint density at radius 2 is 2.07 bits per heavy atom. The number of thioether (sulfide) groups is 1. The second kappa shape index (κ2) is 9.47. The van der Waals surface area contributed by atoms with Crippen LogP contribution in [0.4, 0.5) is 10.8 Å². The number of halogens is 2. The van der Waals surface area contributed by atoms with E-state index in [1.54, 1.807) is 18.2 Å². The molecule has 2 amide bonds. The first-order valence-electron chi connectivity index (χ1n) is 9.12. The first-order chi connectivity index (χ1) is 14.5. The Kier molecular flexibility index (Phi) is 6.72. The fourth-order valence-corrected chi connectivity index (χ4v) is 5.34. The molecule has 1 aliphatic heterocycles. The van der Waals surface area contributed by atoms with Gasteiger partial charge in [0, 0.05) is 16.7 Å². The van der Waals surface area contributed by atoms with E-state index in [4.69, 9.17) is 11.6 Å². The van der Waals surface area contributed by atoms with E-state index in [9.17, 15) is 9.59 Å². The molecule has 0 spiro atoms. The van der Waals surface area contributed by atoms with Crippen LogP contribution in [0.25, 0.3) is 0 Å². The number of fused-ring (bicyclic) bond motifs is 1. The number of aryl methyl sites for hydroxylation is 1. The Morgan fingerprint density at radius 3 is 2.93 bits per heavy atom. The molecule has 1 N–H and O–H groups in total. The second-order valence-electron chi connectivity index (χ2n) is 6.52. The summed E-state index contributed by atoms with van der Waals surface area (Å²) in [4.78, 5) is 27.0. The molecule has 0 saturated carbocycles. The summed E-state index contributed by atoms with van der Waals surface area (Å²) in [5.74, 6) is -0.0715. The van der Waals surface area contributed by atoms with Crippen LogP contribution in [0.2, 0.25) is 5.02 Å². The third-order valence-corrected chi connectivity index (χ3v) is 7.31. The molecule has 1 aromatic heterocycles. The molecule has 3 aromatic rings. The average molecular weight is 524 g/mol.